The van der Waals surface area contributed by atoms with Gasteiger partial charge in [0.1, 0.15) is 23.7 Å². The van der Waals surface area contributed by atoms with Gasteiger partial charge in [0, 0.05) is 19.0 Å². The maximum Gasteiger partial charge on any atom is 0.313 e. The first-order valence-electron chi connectivity index (χ1n) is 15.3. The SMILES string of the molecule is CC(C)[C@H](CO)N1C(=O)[C@@H]2[C@H]3C(=O)O[C@@H](c4ccccc4)[C@H](C)NC(=O)CC/C=C\CN(C(C)C)C(=O)[C@@H]1[C@]21C=C[C@H]3O1. The third-order valence-corrected chi connectivity index (χ3v) is 9.26. The first-order valence-corrected chi connectivity index (χ1v) is 15.3. The molecule has 0 radical (unpaired) electrons. The smallest absolute Gasteiger partial charge is 0.313 e. The summed E-state index contributed by atoms with van der Waals surface area (Å²) in [4.78, 5) is 59.0. The maximum atomic E-state index is 14.5. The monoisotopic (exact) mass is 593 g/mol. The number of esters is 1. The van der Waals surface area contributed by atoms with Crippen LogP contribution >= 0.6 is 0 Å². The first-order chi connectivity index (χ1) is 20.5. The molecule has 2 fully saturated rings. The molecule has 4 aliphatic heterocycles. The van der Waals surface area contributed by atoms with E-state index in [1.807, 2.05) is 70.2 Å². The van der Waals surface area contributed by atoms with E-state index in [-0.39, 0.29) is 43.3 Å². The van der Waals surface area contributed by atoms with Crippen molar-refractivity contribution in [3.63, 3.8) is 0 Å². The molecule has 0 aliphatic carbocycles. The average molecular weight is 594 g/mol. The topological polar surface area (TPSA) is 125 Å². The van der Waals surface area contributed by atoms with Crippen molar-refractivity contribution in [1.82, 2.24) is 15.1 Å². The van der Waals surface area contributed by atoms with E-state index in [0.717, 1.165) is 0 Å². The number of aliphatic hydroxyl groups is 1. The van der Waals surface area contributed by atoms with Gasteiger partial charge in [0.25, 0.3) is 0 Å². The second-order valence-electron chi connectivity index (χ2n) is 12.7. The molecule has 2 N–H and O–H groups in total. The molecule has 10 nitrogen and oxygen atoms in total. The fourth-order valence-corrected chi connectivity index (χ4v) is 7.07. The molecule has 0 aromatic heterocycles. The van der Waals surface area contributed by atoms with E-state index in [2.05, 4.69) is 5.32 Å². The minimum Gasteiger partial charge on any atom is -0.455 e. The Balaban J connectivity index is 1.62. The van der Waals surface area contributed by atoms with Crippen molar-refractivity contribution in [2.24, 2.45) is 17.8 Å². The van der Waals surface area contributed by atoms with Gasteiger partial charge in [-0.15, -0.1) is 0 Å². The molecule has 4 aliphatic rings. The zero-order valence-corrected chi connectivity index (χ0v) is 25.5. The lowest BCUT2D eigenvalue weighted by Crippen LogP contribution is -2.60. The molecule has 3 amide bonds. The maximum absolute atomic E-state index is 14.5. The van der Waals surface area contributed by atoms with Crippen molar-refractivity contribution in [3.8, 4) is 0 Å². The van der Waals surface area contributed by atoms with Crippen molar-refractivity contribution in [1.29, 1.82) is 0 Å². The highest BCUT2D eigenvalue weighted by Gasteiger charge is 2.74. The molecule has 5 rings (SSSR count). The predicted molar refractivity (Wildman–Crippen MR) is 158 cm³/mol. The highest BCUT2D eigenvalue weighted by molar-refractivity contribution is 5.99. The number of hydrogen-bond donors (Lipinski definition) is 2. The number of ether oxygens (including phenoxy) is 2. The molecular weight excluding hydrogens is 550 g/mol. The Morgan fingerprint density at radius 3 is 2.42 bits per heavy atom. The highest BCUT2D eigenvalue weighted by atomic mass is 16.6. The van der Waals surface area contributed by atoms with E-state index >= 15 is 0 Å². The zero-order chi connectivity index (χ0) is 31.1. The van der Waals surface area contributed by atoms with Crippen LogP contribution in [0.2, 0.25) is 0 Å². The third kappa shape index (κ3) is 5.40. The van der Waals surface area contributed by atoms with Gasteiger partial charge in [-0.25, -0.2) is 0 Å². The number of nitrogens with one attached hydrogen (secondary N) is 1. The van der Waals surface area contributed by atoms with Crippen molar-refractivity contribution in [2.75, 3.05) is 13.2 Å². The van der Waals surface area contributed by atoms with Crippen molar-refractivity contribution in [2.45, 2.75) is 89.4 Å². The summed E-state index contributed by atoms with van der Waals surface area (Å²) in [6, 6.07) is 6.69. The quantitative estimate of drug-likeness (QED) is 0.397. The number of rotatable bonds is 5. The standard InChI is InChI=1S/C33H43N3O7/c1-19(2)23(18-37)36-29-31(40)35(20(3)4)17-11-7-10-14-25(38)34-21(5)28(22-12-8-6-9-13-22)42-32(41)26-24-15-16-33(29,43-24)27(26)30(36)39/h6-9,11-13,15-16,19-21,23-24,26-29,37H,10,14,17-18H2,1-5H3,(H,34,38)/b11-7-/t21-,23-,24+,26-,27-,28+,29+,33-/m0/s1. The summed E-state index contributed by atoms with van der Waals surface area (Å²) in [6.45, 7) is 9.31. The number of likely N-dealkylation sites (tertiary alicyclic amines) is 1. The average Bonchev–Trinajstić information content (AvgIpc) is 3.61. The van der Waals surface area contributed by atoms with E-state index < -0.39 is 59.6 Å². The van der Waals surface area contributed by atoms with Crippen LogP contribution in [-0.4, -0.2) is 87.6 Å². The fourth-order valence-electron chi connectivity index (χ4n) is 7.07. The van der Waals surface area contributed by atoms with E-state index in [1.54, 1.807) is 24.0 Å². The van der Waals surface area contributed by atoms with Crippen molar-refractivity contribution in [3.05, 3.63) is 60.2 Å². The van der Waals surface area contributed by atoms with Crippen LogP contribution in [0.5, 0.6) is 0 Å². The normalized spacial score (nSPS) is 34.5. The molecule has 1 aromatic rings. The molecular formula is C33H43N3O7. The van der Waals surface area contributed by atoms with Gasteiger partial charge in [0.05, 0.1) is 30.7 Å². The molecule has 1 spiro atoms. The number of cyclic esters (lactones) is 1. The summed E-state index contributed by atoms with van der Waals surface area (Å²) < 4.78 is 12.7. The molecule has 1 aromatic carbocycles. The van der Waals surface area contributed by atoms with Crippen LogP contribution in [0.25, 0.3) is 0 Å². The molecule has 2 saturated heterocycles. The van der Waals surface area contributed by atoms with Gasteiger partial charge in [-0.2, -0.15) is 0 Å². The summed E-state index contributed by atoms with van der Waals surface area (Å²) in [7, 11) is 0. The Morgan fingerprint density at radius 1 is 1.05 bits per heavy atom. The summed E-state index contributed by atoms with van der Waals surface area (Å²) in [6.07, 6.45) is 6.38. The van der Waals surface area contributed by atoms with Crippen LogP contribution in [0.3, 0.4) is 0 Å². The molecule has 8 atom stereocenters. The molecule has 10 heteroatoms. The Hall–Kier alpha value is -3.50. The number of fused-ring (bicyclic) bond motifs is 2. The Morgan fingerprint density at radius 2 is 1.77 bits per heavy atom. The molecule has 4 heterocycles. The minimum absolute atomic E-state index is 0.164. The number of carbonyl (C=O) groups is 4. The molecule has 232 valence electrons. The summed E-state index contributed by atoms with van der Waals surface area (Å²) in [5, 5.41) is 13.4. The van der Waals surface area contributed by atoms with Gasteiger partial charge < -0.3 is 29.7 Å². The summed E-state index contributed by atoms with van der Waals surface area (Å²) in [5.74, 6) is -3.70. The molecule has 43 heavy (non-hydrogen) atoms. The highest BCUT2D eigenvalue weighted by Crippen LogP contribution is 2.56. The lowest BCUT2D eigenvalue weighted by atomic mass is 9.74. The number of nitrogens with zero attached hydrogens (tertiary/aromatic N) is 2. The van der Waals surface area contributed by atoms with Crippen molar-refractivity contribution >= 4 is 23.7 Å². The number of allylic oxidation sites excluding steroid dienone is 1. The minimum atomic E-state index is -1.38. The molecule has 0 saturated carbocycles. The fraction of sp³-hybridized carbons (Fsp3) is 0.576. The van der Waals surface area contributed by atoms with Gasteiger partial charge in [0.2, 0.25) is 17.7 Å². The van der Waals surface area contributed by atoms with Gasteiger partial charge in [0.15, 0.2) is 0 Å². The van der Waals surface area contributed by atoms with Crippen LogP contribution in [-0.2, 0) is 28.7 Å². The molecule has 0 unspecified atom stereocenters. The second kappa shape index (κ2) is 12.2. The van der Waals surface area contributed by atoms with E-state index in [9.17, 15) is 24.3 Å². The van der Waals surface area contributed by atoms with Gasteiger partial charge in [-0.05, 0) is 38.7 Å². The Kier molecular flexibility index (Phi) is 8.81. The summed E-state index contributed by atoms with van der Waals surface area (Å²) >= 11 is 0. The Labute approximate surface area is 253 Å². The van der Waals surface area contributed by atoms with E-state index in [0.29, 0.717) is 12.0 Å². The largest absolute Gasteiger partial charge is 0.455 e. The predicted octanol–water partition coefficient (Wildman–Crippen LogP) is 2.53. The third-order valence-electron chi connectivity index (χ3n) is 9.26. The van der Waals surface area contributed by atoms with Crippen LogP contribution in [0, 0.1) is 17.8 Å². The van der Waals surface area contributed by atoms with Crippen LogP contribution in [0.4, 0.5) is 0 Å². The van der Waals surface area contributed by atoms with Crippen LogP contribution in [0.15, 0.2) is 54.6 Å². The number of carbonyl (C=O) groups excluding carboxylic acids is 4. The van der Waals surface area contributed by atoms with Gasteiger partial charge >= 0.3 is 5.97 Å². The number of hydrogen-bond acceptors (Lipinski definition) is 7. The zero-order valence-electron chi connectivity index (χ0n) is 25.5. The number of aliphatic hydroxyl groups excluding tert-OH is 1. The van der Waals surface area contributed by atoms with Crippen LogP contribution < -0.4 is 5.32 Å². The lowest BCUT2D eigenvalue weighted by Gasteiger charge is -2.41. The van der Waals surface area contributed by atoms with Crippen LogP contribution in [0.1, 0.15) is 59.1 Å². The number of amides is 3. The molecule has 5 bridgehead atoms. The van der Waals surface area contributed by atoms with Gasteiger partial charge in [-0.1, -0.05) is 68.5 Å². The van der Waals surface area contributed by atoms with E-state index in [4.69, 9.17) is 9.47 Å². The first kappa shape index (κ1) is 30.9. The lowest BCUT2D eigenvalue weighted by molar-refractivity contribution is -0.162. The summed E-state index contributed by atoms with van der Waals surface area (Å²) in [5.41, 5.74) is -0.673. The van der Waals surface area contributed by atoms with Gasteiger partial charge in [-0.3, -0.25) is 19.2 Å². The van der Waals surface area contributed by atoms with Crippen molar-refractivity contribution < 1.29 is 33.8 Å². The number of benzene rings is 1. The Bertz CT molecular complexity index is 1290. The van der Waals surface area contributed by atoms with E-state index in [1.165, 1.54) is 4.90 Å². The second-order valence-corrected chi connectivity index (χ2v) is 12.7.